The van der Waals surface area contributed by atoms with Crippen LogP contribution in [0.15, 0.2) is 54.6 Å². The normalized spacial score (nSPS) is 15.2. The summed E-state index contributed by atoms with van der Waals surface area (Å²) in [5, 5.41) is 23.4. The lowest BCUT2D eigenvalue weighted by Gasteiger charge is -2.40. The van der Waals surface area contributed by atoms with E-state index in [0.29, 0.717) is 5.56 Å². The second-order valence-corrected chi connectivity index (χ2v) is 10.6. The van der Waals surface area contributed by atoms with Gasteiger partial charge in [0.25, 0.3) is 11.8 Å². The van der Waals surface area contributed by atoms with Gasteiger partial charge in [-0.05, 0) is 44.0 Å². The number of nitrogens with one attached hydrogen (secondary N) is 1. The molecule has 3 amide bonds. The molecule has 1 unspecified atom stereocenters. The Morgan fingerprint density at radius 3 is 2.33 bits per heavy atom. The molecule has 2 aromatic carbocycles. The number of rotatable bonds is 6. The predicted octanol–water partition coefficient (Wildman–Crippen LogP) is 3.89. The zero-order valence-corrected chi connectivity index (χ0v) is 23.4. The van der Waals surface area contributed by atoms with Gasteiger partial charge in [0.05, 0.1) is 6.54 Å². The minimum atomic E-state index is -1.07. The number of hydrogen-bond donors (Lipinski definition) is 3. The minimum absolute atomic E-state index is 0.00856. The van der Waals surface area contributed by atoms with Gasteiger partial charge in [0.2, 0.25) is 5.75 Å². The predicted molar refractivity (Wildman–Crippen MR) is 147 cm³/mol. The van der Waals surface area contributed by atoms with Gasteiger partial charge in [-0.2, -0.15) is 4.98 Å². The number of halogens is 1. The van der Waals surface area contributed by atoms with E-state index in [1.807, 2.05) is 6.07 Å². The van der Waals surface area contributed by atoms with Crippen LogP contribution in [-0.2, 0) is 22.6 Å². The molecule has 0 saturated carbocycles. The molecule has 12 nitrogen and oxygen atoms in total. The summed E-state index contributed by atoms with van der Waals surface area (Å²) in [6.07, 6.45) is -1.36. The molecule has 0 aliphatic carbocycles. The molecular weight excluding hydrogens is 549 g/mol. The smallest absolute Gasteiger partial charge is 0.410 e. The van der Waals surface area contributed by atoms with Gasteiger partial charge in [-0.25, -0.2) is 19.0 Å². The maximum atomic E-state index is 13.2. The SMILES string of the molecule is CC(C)(C)OC(=O)N1CCN(C(=O)OCc2ccccc2)C(c2nc(O)c(O)c(C(=O)NCc3ccc(F)cc3)n2)C1. The lowest BCUT2D eigenvalue weighted by molar-refractivity contribution is -0.000354. The molecule has 42 heavy (non-hydrogen) atoms. The van der Waals surface area contributed by atoms with E-state index < -0.39 is 52.9 Å². The molecule has 0 radical (unpaired) electrons. The second-order valence-electron chi connectivity index (χ2n) is 10.6. The molecule has 222 valence electrons. The first kappa shape index (κ1) is 30.0. The summed E-state index contributed by atoms with van der Waals surface area (Å²) < 4.78 is 24.2. The van der Waals surface area contributed by atoms with Crippen molar-refractivity contribution >= 4 is 18.1 Å². The third-order valence-electron chi connectivity index (χ3n) is 6.23. The molecule has 13 heteroatoms. The van der Waals surface area contributed by atoms with Crippen molar-refractivity contribution in [1.29, 1.82) is 0 Å². The third kappa shape index (κ3) is 7.62. The molecule has 3 N–H and O–H groups in total. The van der Waals surface area contributed by atoms with Gasteiger partial charge in [-0.1, -0.05) is 42.5 Å². The summed E-state index contributed by atoms with van der Waals surface area (Å²) in [7, 11) is 0. The zero-order valence-electron chi connectivity index (χ0n) is 23.4. The van der Waals surface area contributed by atoms with Crippen molar-refractivity contribution in [2.24, 2.45) is 0 Å². The molecule has 1 atom stereocenters. The number of aromatic hydroxyl groups is 2. The van der Waals surface area contributed by atoms with Gasteiger partial charge in [-0.3, -0.25) is 9.69 Å². The first-order valence-electron chi connectivity index (χ1n) is 13.2. The van der Waals surface area contributed by atoms with E-state index in [9.17, 15) is 29.0 Å². The van der Waals surface area contributed by atoms with Crippen LogP contribution >= 0.6 is 0 Å². The average molecular weight is 582 g/mol. The Morgan fingerprint density at radius 1 is 0.976 bits per heavy atom. The van der Waals surface area contributed by atoms with Crippen molar-refractivity contribution in [1.82, 2.24) is 25.1 Å². The van der Waals surface area contributed by atoms with Crippen LogP contribution in [0.25, 0.3) is 0 Å². The van der Waals surface area contributed by atoms with E-state index in [0.717, 1.165) is 5.56 Å². The third-order valence-corrected chi connectivity index (χ3v) is 6.23. The van der Waals surface area contributed by atoms with Crippen molar-refractivity contribution in [3.63, 3.8) is 0 Å². The van der Waals surface area contributed by atoms with Gasteiger partial charge in [0.1, 0.15) is 24.1 Å². The molecule has 2 heterocycles. The number of ether oxygens (including phenoxy) is 2. The van der Waals surface area contributed by atoms with E-state index >= 15 is 0 Å². The average Bonchev–Trinajstić information content (AvgIpc) is 2.96. The second kappa shape index (κ2) is 12.7. The van der Waals surface area contributed by atoms with Crippen LogP contribution in [0.4, 0.5) is 14.0 Å². The highest BCUT2D eigenvalue weighted by Gasteiger charge is 2.39. The van der Waals surface area contributed by atoms with Gasteiger partial charge >= 0.3 is 12.2 Å². The number of piperazine rings is 1. The fourth-order valence-corrected chi connectivity index (χ4v) is 4.15. The summed E-state index contributed by atoms with van der Waals surface area (Å²) in [6, 6.07) is 13.4. The van der Waals surface area contributed by atoms with Gasteiger partial charge < -0.3 is 29.9 Å². The number of nitrogens with zero attached hydrogens (tertiary/aromatic N) is 4. The Balaban J connectivity index is 1.60. The first-order valence-corrected chi connectivity index (χ1v) is 13.2. The molecule has 1 saturated heterocycles. The van der Waals surface area contributed by atoms with Gasteiger partial charge in [-0.15, -0.1) is 0 Å². The fourth-order valence-electron chi connectivity index (χ4n) is 4.15. The van der Waals surface area contributed by atoms with Gasteiger partial charge in [0.15, 0.2) is 11.5 Å². The number of amides is 3. The van der Waals surface area contributed by atoms with Crippen LogP contribution < -0.4 is 5.32 Å². The molecule has 0 spiro atoms. The van der Waals surface area contributed by atoms with E-state index in [-0.39, 0.29) is 38.6 Å². The lowest BCUT2D eigenvalue weighted by Crippen LogP contribution is -2.53. The fraction of sp³-hybridized carbons (Fsp3) is 0.345. The highest BCUT2D eigenvalue weighted by molar-refractivity contribution is 5.95. The van der Waals surface area contributed by atoms with Crippen LogP contribution in [-0.4, -0.2) is 73.3 Å². The molecule has 4 rings (SSSR count). The number of carbonyl (C=O) groups is 3. The maximum absolute atomic E-state index is 13.2. The maximum Gasteiger partial charge on any atom is 0.410 e. The quantitative estimate of drug-likeness (QED) is 0.393. The van der Waals surface area contributed by atoms with Gasteiger partial charge in [0, 0.05) is 19.6 Å². The standard InChI is InChI=1S/C29H32FN5O7/c1-29(2,3)42-27(39)34-13-14-35(28(40)41-17-19-7-5-4-6-8-19)21(16-34)24-32-22(23(36)26(38)33-24)25(37)31-15-18-9-11-20(30)12-10-18/h4-12,21,36H,13-17H2,1-3H3,(H,31,37)(H,32,33,38). The molecule has 1 fully saturated rings. The number of hydrogen-bond acceptors (Lipinski definition) is 9. The Morgan fingerprint density at radius 2 is 1.67 bits per heavy atom. The van der Waals surface area contributed by atoms with Crippen molar-refractivity contribution in [2.75, 3.05) is 19.6 Å². The van der Waals surface area contributed by atoms with Crippen LogP contribution in [0.3, 0.4) is 0 Å². The summed E-state index contributed by atoms with van der Waals surface area (Å²) >= 11 is 0. The lowest BCUT2D eigenvalue weighted by atomic mass is 10.1. The number of benzene rings is 2. The molecule has 1 aliphatic heterocycles. The van der Waals surface area contributed by atoms with E-state index in [2.05, 4.69) is 15.3 Å². The first-order chi connectivity index (χ1) is 19.9. The molecule has 3 aromatic rings. The van der Waals surface area contributed by atoms with E-state index in [1.54, 1.807) is 45.0 Å². The zero-order chi connectivity index (χ0) is 30.4. The summed E-state index contributed by atoms with van der Waals surface area (Å²) in [4.78, 5) is 49.8. The van der Waals surface area contributed by atoms with E-state index in [1.165, 1.54) is 34.1 Å². The molecule has 0 bridgehead atoms. The largest absolute Gasteiger partial charge is 0.501 e. The Hall–Kier alpha value is -4.94. The molecule has 1 aromatic heterocycles. The van der Waals surface area contributed by atoms with Crippen LogP contribution in [0.1, 0.15) is 54.3 Å². The summed E-state index contributed by atoms with van der Waals surface area (Å²) in [5.74, 6) is -3.25. The highest BCUT2D eigenvalue weighted by Crippen LogP contribution is 2.31. The van der Waals surface area contributed by atoms with Crippen molar-refractivity contribution in [3.05, 3.63) is 83.1 Å². The minimum Gasteiger partial charge on any atom is -0.501 e. The Bertz CT molecular complexity index is 1430. The van der Waals surface area contributed by atoms with Crippen LogP contribution in [0.2, 0.25) is 0 Å². The number of carbonyl (C=O) groups excluding carboxylic acids is 3. The molecular formula is C29H32FN5O7. The van der Waals surface area contributed by atoms with Crippen LogP contribution in [0, 0.1) is 5.82 Å². The summed E-state index contributed by atoms with van der Waals surface area (Å²) in [6.45, 7) is 5.10. The topological polar surface area (TPSA) is 154 Å². The van der Waals surface area contributed by atoms with Crippen molar-refractivity contribution in [3.8, 4) is 11.6 Å². The van der Waals surface area contributed by atoms with Crippen LogP contribution in [0.5, 0.6) is 11.6 Å². The monoisotopic (exact) mass is 581 g/mol. The Kier molecular flexibility index (Phi) is 9.09. The summed E-state index contributed by atoms with van der Waals surface area (Å²) in [5.41, 5.74) is 0.0110. The van der Waals surface area contributed by atoms with E-state index in [4.69, 9.17) is 9.47 Å². The Labute approximate surface area is 241 Å². The number of aromatic nitrogens is 2. The van der Waals surface area contributed by atoms with Crippen molar-refractivity contribution in [2.45, 2.75) is 45.6 Å². The molecule has 1 aliphatic rings. The van der Waals surface area contributed by atoms with Crippen molar-refractivity contribution < 1.29 is 38.5 Å². The highest BCUT2D eigenvalue weighted by atomic mass is 19.1.